The van der Waals surface area contributed by atoms with Gasteiger partial charge in [0.2, 0.25) is 0 Å². The summed E-state index contributed by atoms with van der Waals surface area (Å²) in [6.45, 7) is 4.54. The van der Waals surface area contributed by atoms with Crippen LogP contribution in [0.5, 0.6) is 5.75 Å². The number of hydrogen-bond donors (Lipinski definition) is 0. The summed E-state index contributed by atoms with van der Waals surface area (Å²) in [4.78, 5) is 2.42. The van der Waals surface area contributed by atoms with E-state index >= 15 is 0 Å². The molecule has 1 spiro atoms. The Bertz CT molecular complexity index is 431. The van der Waals surface area contributed by atoms with Crippen LogP contribution in [0.25, 0.3) is 0 Å². The lowest BCUT2D eigenvalue weighted by Crippen LogP contribution is -2.56. The minimum Gasteiger partial charge on any atom is -0.492 e. The molecule has 21 heavy (non-hydrogen) atoms. The molecule has 1 aromatic rings. The molecule has 0 amide bonds. The predicted octanol–water partition coefficient (Wildman–Crippen LogP) is 2.34. The summed E-state index contributed by atoms with van der Waals surface area (Å²) in [5, 5.41) is 0. The molecule has 2 heterocycles. The van der Waals surface area contributed by atoms with Crippen molar-refractivity contribution in [3.05, 3.63) is 30.3 Å². The molecule has 4 heteroatoms. The molecular weight excluding hydrogens is 266 g/mol. The van der Waals surface area contributed by atoms with Gasteiger partial charge in [0.05, 0.1) is 11.7 Å². The quantitative estimate of drug-likeness (QED) is 0.833. The number of ether oxygens (including phenoxy) is 3. The molecule has 0 N–H and O–H groups in total. The molecule has 4 nitrogen and oxygen atoms in total. The summed E-state index contributed by atoms with van der Waals surface area (Å²) in [7, 11) is 1.80. The van der Waals surface area contributed by atoms with Gasteiger partial charge in [-0.05, 0) is 31.4 Å². The highest BCUT2D eigenvalue weighted by atomic mass is 16.6. The first-order valence-corrected chi connectivity index (χ1v) is 7.89. The van der Waals surface area contributed by atoms with Crippen LogP contribution < -0.4 is 4.74 Å². The first-order chi connectivity index (χ1) is 10.3. The average molecular weight is 291 g/mol. The SMILES string of the molecule is CO[C@H]1CN(CCOc2ccccc2)CC[C@@]12CCCO2. The van der Waals surface area contributed by atoms with Gasteiger partial charge in [-0.3, -0.25) is 4.90 Å². The van der Waals surface area contributed by atoms with E-state index in [1.54, 1.807) is 7.11 Å². The number of piperidine rings is 1. The van der Waals surface area contributed by atoms with Crippen LogP contribution in [0.15, 0.2) is 30.3 Å². The molecule has 0 bridgehead atoms. The van der Waals surface area contributed by atoms with Crippen LogP contribution in [0, 0.1) is 0 Å². The normalized spacial score (nSPS) is 29.9. The number of rotatable bonds is 5. The van der Waals surface area contributed by atoms with Gasteiger partial charge in [-0.2, -0.15) is 0 Å². The number of hydrogen-bond acceptors (Lipinski definition) is 4. The Labute approximate surface area is 127 Å². The van der Waals surface area contributed by atoms with E-state index in [1.807, 2.05) is 30.3 Å². The number of para-hydroxylation sites is 1. The zero-order chi connectivity index (χ0) is 14.5. The third-order valence-corrected chi connectivity index (χ3v) is 4.70. The maximum atomic E-state index is 6.02. The highest BCUT2D eigenvalue weighted by Gasteiger charge is 2.46. The monoisotopic (exact) mass is 291 g/mol. The van der Waals surface area contributed by atoms with Gasteiger partial charge in [0.15, 0.2) is 0 Å². The van der Waals surface area contributed by atoms with Crippen molar-refractivity contribution >= 4 is 0 Å². The van der Waals surface area contributed by atoms with Crippen LogP contribution in [0.4, 0.5) is 0 Å². The molecule has 2 aliphatic heterocycles. The second kappa shape index (κ2) is 6.77. The van der Waals surface area contributed by atoms with Gasteiger partial charge >= 0.3 is 0 Å². The third-order valence-electron chi connectivity index (χ3n) is 4.70. The Balaban J connectivity index is 1.47. The summed E-state index contributed by atoms with van der Waals surface area (Å²) in [5.41, 5.74) is -0.0223. The number of benzene rings is 1. The predicted molar refractivity (Wildman–Crippen MR) is 81.7 cm³/mol. The third kappa shape index (κ3) is 3.39. The van der Waals surface area contributed by atoms with Crippen molar-refractivity contribution in [1.29, 1.82) is 0 Å². The zero-order valence-electron chi connectivity index (χ0n) is 12.8. The lowest BCUT2D eigenvalue weighted by Gasteiger charge is -2.44. The van der Waals surface area contributed by atoms with Crippen LogP contribution in [0.3, 0.4) is 0 Å². The van der Waals surface area contributed by atoms with E-state index in [0.29, 0.717) is 6.61 Å². The minimum atomic E-state index is -0.0223. The van der Waals surface area contributed by atoms with E-state index in [9.17, 15) is 0 Å². The summed E-state index contributed by atoms with van der Waals surface area (Å²) >= 11 is 0. The average Bonchev–Trinajstić information content (AvgIpc) is 2.99. The molecule has 0 aliphatic carbocycles. The fraction of sp³-hybridized carbons (Fsp3) is 0.647. The highest BCUT2D eigenvalue weighted by molar-refractivity contribution is 5.20. The lowest BCUT2D eigenvalue weighted by molar-refractivity contribution is -0.142. The van der Waals surface area contributed by atoms with Crippen LogP contribution in [0.2, 0.25) is 0 Å². The van der Waals surface area contributed by atoms with Crippen LogP contribution in [0.1, 0.15) is 19.3 Å². The Hall–Kier alpha value is -1.10. The molecule has 0 unspecified atom stereocenters. The van der Waals surface area contributed by atoms with Gasteiger partial charge in [-0.15, -0.1) is 0 Å². The number of likely N-dealkylation sites (tertiary alicyclic amines) is 1. The second-order valence-corrected chi connectivity index (χ2v) is 5.95. The molecule has 2 fully saturated rings. The minimum absolute atomic E-state index is 0.0223. The van der Waals surface area contributed by atoms with Crippen molar-refractivity contribution < 1.29 is 14.2 Å². The number of methoxy groups -OCH3 is 1. The molecule has 2 saturated heterocycles. The first-order valence-electron chi connectivity index (χ1n) is 7.89. The van der Waals surface area contributed by atoms with Crippen molar-refractivity contribution in [2.45, 2.75) is 31.0 Å². The fourth-order valence-corrected chi connectivity index (χ4v) is 3.47. The van der Waals surface area contributed by atoms with Gasteiger partial charge in [0, 0.05) is 33.4 Å². The van der Waals surface area contributed by atoms with E-state index in [0.717, 1.165) is 51.3 Å². The van der Waals surface area contributed by atoms with Gasteiger partial charge in [0.1, 0.15) is 12.4 Å². The molecule has 0 radical (unpaired) electrons. The summed E-state index contributed by atoms with van der Waals surface area (Å²) in [6.07, 6.45) is 3.55. The van der Waals surface area contributed by atoms with Gasteiger partial charge in [0.25, 0.3) is 0 Å². The number of nitrogens with zero attached hydrogens (tertiary/aromatic N) is 1. The smallest absolute Gasteiger partial charge is 0.119 e. The Morgan fingerprint density at radius 3 is 2.86 bits per heavy atom. The highest BCUT2D eigenvalue weighted by Crippen LogP contribution is 2.37. The van der Waals surface area contributed by atoms with E-state index in [-0.39, 0.29) is 11.7 Å². The molecule has 0 aromatic heterocycles. The summed E-state index contributed by atoms with van der Waals surface area (Å²) < 4.78 is 17.5. The van der Waals surface area contributed by atoms with Crippen molar-refractivity contribution in [2.75, 3.05) is 40.0 Å². The van der Waals surface area contributed by atoms with Crippen molar-refractivity contribution in [3.63, 3.8) is 0 Å². The van der Waals surface area contributed by atoms with Gasteiger partial charge in [-0.25, -0.2) is 0 Å². The zero-order valence-corrected chi connectivity index (χ0v) is 12.8. The van der Waals surface area contributed by atoms with Gasteiger partial charge in [-0.1, -0.05) is 18.2 Å². The topological polar surface area (TPSA) is 30.9 Å². The van der Waals surface area contributed by atoms with E-state index < -0.39 is 0 Å². The molecule has 1 aromatic carbocycles. The van der Waals surface area contributed by atoms with E-state index in [4.69, 9.17) is 14.2 Å². The molecule has 2 aliphatic rings. The fourth-order valence-electron chi connectivity index (χ4n) is 3.47. The maximum Gasteiger partial charge on any atom is 0.119 e. The van der Waals surface area contributed by atoms with Crippen LogP contribution in [-0.2, 0) is 9.47 Å². The van der Waals surface area contributed by atoms with Crippen LogP contribution in [-0.4, -0.2) is 56.6 Å². The molecule has 2 atom stereocenters. The second-order valence-electron chi connectivity index (χ2n) is 5.95. The Morgan fingerprint density at radius 2 is 2.14 bits per heavy atom. The van der Waals surface area contributed by atoms with E-state index in [1.165, 1.54) is 0 Å². The summed E-state index contributed by atoms with van der Waals surface area (Å²) in [6, 6.07) is 9.99. The molecule has 0 saturated carbocycles. The van der Waals surface area contributed by atoms with Crippen molar-refractivity contribution in [2.24, 2.45) is 0 Å². The van der Waals surface area contributed by atoms with Crippen LogP contribution >= 0.6 is 0 Å². The largest absolute Gasteiger partial charge is 0.492 e. The van der Waals surface area contributed by atoms with Gasteiger partial charge < -0.3 is 14.2 Å². The Kier molecular flexibility index (Phi) is 4.78. The van der Waals surface area contributed by atoms with Crippen molar-refractivity contribution in [1.82, 2.24) is 4.90 Å². The Morgan fingerprint density at radius 1 is 1.29 bits per heavy atom. The molecule has 3 rings (SSSR count). The first kappa shape index (κ1) is 14.8. The summed E-state index contributed by atoms with van der Waals surface area (Å²) in [5.74, 6) is 0.938. The lowest BCUT2D eigenvalue weighted by atomic mass is 9.86. The molecular formula is C17H25NO3. The maximum absolute atomic E-state index is 6.02. The standard InChI is InChI=1S/C17H25NO3/c1-19-16-14-18(10-9-17(16)8-5-12-21-17)11-13-20-15-6-3-2-4-7-15/h2-4,6-7,16H,5,8-14H2,1H3/t16-,17-/m0/s1. The van der Waals surface area contributed by atoms with Crippen molar-refractivity contribution in [3.8, 4) is 5.75 Å². The molecule has 116 valence electrons. The van der Waals surface area contributed by atoms with E-state index in [2.05, 4.69) is 4.90 Å².